The zero-order valence-corrected chi connectivity index (χ0v) is 15.8. The van der Waals surface area contributed by atoms with E-state index in [1.807, 2.05) is 0 Å². The van der Waals surface area contributed by atoms with Crippen LogP contribution in [-0.4, -0.2) is 38.4 Å². The fourth-order valence-corrected chi connectivity index (χ4v) is 4.54. The van der Waals surface area contributed by atoms with Gasteiger partial charge in [-0.2, -0.15) is 0 Å². The van der Waals surface area contributed by atoms with Crippen molar-refractivity contribution >= 4 is 21.6 Å². The molecule has 1 atom stereocenters. The van der Waals surface area contributed by atoms with E-state index in [-0.39, 0.29) is 33.7 Å². The van der Waals surface area contributed by atoms with Crippen molar-refractivity contribution in [2.75, 3.05) is 17.8 Å². The van der Waals surface area contributed by atoms with Crippen LogP contribution in [0.1, 0.15) is 28.8 Å². The molecule has 27 heavy (non-hydrogen) atoms. The highest BCUT2D eigenvalue weighted by Crippen LogP contribution is 2.24. The quantitative estimate of drug-likeness (QED) is 0.838. The second kappa shape index (κ2) is 7.66. The van der Waals surface area contributed by atoms with E-state index in [0.717, 1.165) is 25.0 Å². The maximum absolute atomic E-state index is 13.3. The van der Waals surface area contributed by atoms with Crippen molar-refractivity contribution in [1.29, 1.82) is 0 Å². The second-order valence-corrected chi connectivity index (χ2v) is 8.37. The summed E-state index contributed by atoms with van der Waals surface area (Å²) in [5.74, 6) is -0.775. The molecule has 6 nitrogen and oxygen atoms in total. The van der Waals surface area contributed by atoms with Gasteiger partial charge < -0.3 is 10.6 Å². The second-order valence-electron chi connectivity index (χ2n) is 6.71. The monoisotopic (exact) mass is 391 g/mol. The number of likely N-dealkylation sites (tertiary alicyclic amines) is 1. The van der Waals surface area contributed by atoms with Crippen LogP contribution in [0, 0.1) is 12.7 Å². The van der Waals surface area contributed by atoms with Crippen LogP contribution >= 0.6 is 0 Å². The minimum atomic E-state index is -3.97. The normalized spacial score (nSPS) is 17.6. The Kier molecular flexibility index (Phi) is 5.48. The molecule has 144 valence electrons. The van der Waals surface area contributed by atoms with Gasteiger partial charge in [0.05, 0.1) is 16.1 Å². The first-order valence-electron chi connectivity index (χ1n) is 8.71. The molecule has 3 rings (SSSR count). The largest absolute Gasteiger partial charge is 0.337 e. The first-order valence-corrected chi connectivity index (χ1v) is 10.2. The van der Waals surface area contributed by atoms with Gasteiger partial charge in [-0.1, -0.05) is 12.1 Å². The molecule has 1 fully saturated rings. The maximum atomic E-state index is 13.3. The van der Waals surface area contributed by atoms with Gasteiger partial charge in [-0.05, 0) is 55.7 Å². The molecule has 1 unspecified atom stereocenters. The summed E-state index contributed by atoms with van der Waals surface area (Å²) in [4.78, 5) is 14.5. The number of benzene rings is 2. The fourth-order valence-electron chi connectivity index (χ4n) is 3.24. The number of amides is 1. The molecule has 0 spiro atoms. The number of halogens is 1. The van der Waals surface area contributed by atoms with E-state index in [2.05, 4.69) is 4.72 Å². The Morgan fingerprint density at radius 3 is 2.70 bits per heavy atom. The molecule has 8 heteroatoms. The number of piperidine rings is 1. The van der Waals surface area contributed by atoms with Gasteiger partial charge in [-0.15, -0.1) is 0 Å². The number of aryl methyl sites for hydroxylation is 1. The third-order valence-electron chi connectivity index (χ3n) is 4.57. The van der Waals surface area contributed by atoms with E-state index < -0.39 is 15.8 Å². The molecule has 1 heterocycles. The maximum Gasteiger partial charge on any atom is 0.262 e. The summed E-state index contributed by atoms with van der Waals surface area (Å²) in [6.45, 7) is 2.55. The molecule has 0 aromatic heterocycles. The van der Waals surface area contributed by atoms with Gasteiger partial charge in [-0.25, -0.2) is 12.8 Å². The summed E-state index contributed by atoms with van der Waals surface area (Å²) in [5, 5.41) is 0. The van der Waals surface area contributed by atoms with Gasteiger partial charge in [0.1, 0.15) is 5.82 Å². The van der Waals surface area contributed by atoms with E-state index in [1.165, 1.54) is 19.1 Å². The standard InChI is InChI=1S/C19H22FN3O3S/c1-13-11-14(20)8-9-18(13)27(25,26)22-17-7-3-2-6-16(17)19(24)23-10-4-5-15(21)12-23/h2-3,6-9,11,15,22H,4-5,10,12,21H2,1H3. The molecule has 1 aliphatic rings. The predicted molar refractivity (Wildman–Crippen MR) is 102 cm³/mol. The third-order valence-corrected chi connectivity index (χ3v) is 6.10. The van der Waals surface area contributed by atoms with Crippen LogP contribution in [0.25, 0.3) is 0 Å². The summed E-state index contributed by atoms with van der Waals surface area (Å²) >= 11 is 0. The number of nitrogens with one attached hydrogen (secondary N) is 1. The predicted octanol–water partition coefficient (Wildman–Crippen LogP) is 2.50. The Bertz CT molecular complexity index is 962. The van der Waals surface area contributed by atoms with Crippen molar-refractivity contribution < 1.29 is 17.6 Å². The molecular weight excluding hydrogens is 369 g/mol. The van der Waals surface area contributed by atoms with Gasteiger partial charge in [-0.3, -0.25) is 9.52 Å². The van der Waals surface area contributed by atoms with E-state index in [9.17, 15) is 17.6 Å². The van der Waals surface area contributed by atoms with Crippen molar-refractivity contribution in [3.8, 4) is 0 Å². The Balaban J connectivity index is 1.91. The Labute approximate surface area is 158 Å². The van der Waals surface area contributed by atoms with Gasteiger partial charge in [0, 0.05) is 19.1 Å². The zero-order valence-electron chi connectivity index (χ0n) is 15.0. The van der Waals surface area contributed by atoms with Crippen LogP contribution in [-0.2, 0) is 10.0 Å². The van der Waals surface area contributed by atoms with Crippen LogP contribution in [0.4, 0.5) is 10.1 Å². The van der Waals surface area contributed by atoms with Crippen LogP contribution < -0.4 is 10.5 Å². The number of hydrogen-bond donors (Lipinski definition) is 2. The number of hydrogen-bond acceptors (Lipinski definition) is 4. The number of carbonyl (C=O) groups excluding carboxylic acids is 1. The minimum Gasteiger partial charge on any atom is -0.337 e. The van der Waals surface area contributed by atoms with Gasteiger partial charge in [0.25, 0.3) is 15.9 Å². The number of anilines is 1. The number of rotatable bonds is 4. The van der Waals surface area contributed by atoms with Crippen LogP contribution in [0.5, 0.6) is 0 Å². The average Bonchev–Trinajstić information content (AvgIpc) is 2.61. The van der Waals surface area contributed by atoms with Crippen molar-refractivity contribution in [3.63, 3.8) is 0 Å². The molecule has 2 aromatic carbocycles. The SMILES string of the molecule is Cc1cc(F)ccc1S(=O)(=O)Nc1ccccc1C(=O)N1CCCC(N)C1. The van der Waals surface area contributed by atoms with E-state index in [1.54, 1.807) is 23.1 Å². The summed E-state index contributed by atoms with van der Waals surface area (Å²) < 4.78 is 41.3. The number of nitrogens with zero attached hydrogens (tertiary/aromatic N) is 1. The molecule has 3 N–H and O–H groups in total. The number of carbonyl (C=O) groups is 1. The van der Waals surface area contributed by atoms with Crippen molar-refractivity contribution in [2.24, 2.45) is 5.73 Å². The summed E-state index contributed by atoms with van der Waals surface area (Å²) in [6.07, 6.45) is 1.68. The summed E-state index contributed by atoms with van der Waals surface area (Å²) in [7, 11) is -3.97. The van der Waals surface area contributed by atoms with Gasteiger partial charge >= 0.3 is 0 Å². The fraction of sp³-hybridized carbons (Fsp3) is 0.316. The topological polar surface area (TPSA) is 92.5 Å². The Morgan fingerprint density at radius 1 is 1.26 bits per heavy atom. The number of nitrogens with two attached hydrogens (primary N) is 1. The molecule has 0 aliphatic carbocycles. The van der Waals surface area contributed by atoms with E-state index >= 15 is 0 Å². The average molecular weight is 391 g/mol. The molecule has 2 aromatic rings. The van der Waals surface area contributed by atoms with Crippen LogP contribution in [0.3, 0.4) is 0 Å². The molecule has 0 saturated carbocycles. The Morgan fingerprint density at radius 2 is 2.00 bits per heavy atom. The van der Waals surface area contributed by atoms with Crippen molar-refractivity contribution in [2.45, 2.75) is 30.7 Å². The highest BCUT2D eigenvalue weighted by molar-refractivity contribution is 7.92. The van der Waals surface area contributed by atoms with Crippen molar-refractivity contribution in [3.05, 3.63) is 59.4 Å². The van der Waals surface area contributed by atoms with E-state index in [4.69, 9.17) is 5.73 Å². The van der Waals surface area contributed by atoms with Crippen molar-refractivity contribution in [1.82, 2.24) is 4.90 Å². The summed E-state index contributed by atoms with van der Waals surface area (Å²) in [5.41, 5.74) is 6.68. The lowest BCUT2D eigenvalue weighted by Crippen LogP contribution is -2.45. The van der Waals surface area contributed by atoms with Gasteiger partial charge in [0.15, 0.2) is 0 Å². The lowest BCUT2D eigenvalue weighted by molar-refractivity contribution is 0.0710. The zero-order chi connectivity index (χ0) is 19.6. The number of sulfonamides is 1. The lowest BCUT2D eigenvalue weighted by Gasteiger charge is -2.31. The van der Waals surface area contributed by atoms with E-state index in [0.29, 0.717) is 13.1 Å². The minimum absolute atomic E-state index is 0.0360. The molecule has 0 bridgehead atoms. The highest BCUT2D eigenvalue weighted by Gasteiger charge is 2.26. The number of para-hydroxylation sites is 1. The smallest absolute Gasteiger partial charge is 0.262 e. The molecular formula is C19H22FN3O3S. The molecule has 1 saturated heterocycles. The van der Waals surface area contributed by atoms with Gasteiger partial charge in [0.2, 0.25) is 0 Å². The summed E-state index contributed by atoms with van der Waals surface area (Å²) in [6, 6.07) is 9.82. The third kappa shape index (κ3) is 4.28. The lowest BCUT2D eigenvalue weighted by atomic mass is 10.0. The van der Waals surface area contributed by atoms with Crippen LogP contribution in [0.15, 0.2) is 47.4 Å². The van der Waals surface area contributed by atoms with Crippen LogP contribution in [0.2, 0.25) is 0 Å². The Hall–Kier alpha value is -2.45. The molecule has 1 amide bonds. The molecule has 1 aliphatic heterocycles. The highest BCUT2D eigenvalue weighted by atomic mass is 32.2. The molecule has 0 radical (unpaired) electrons. The first kappa shape index (κ1) is 19.3. The first-order chi connectivity index (χ1) is 12.8.